The fourth-order valence-electron chi connectivity index (χ4n) is 3.71. The molecule has 2 aromatic heterocycles. The number of halogens is 1. The van der Waals surface area contributed by atoms with Crippen LogP contribution in [0.3, 0.4) is 0 Å². The first kappa shape index (κ1) is 20.7. The third kappa shape index (κ3) is 3.60. The van der Waals surface area contributed by atoms with Gasteiger partial charge >= 0.3 is 6.03 Å². The van der Waals surface area contributed by atoms with Crippen molar-refractivity contribution in [2.24, 2.45) is 0 Å². The number of anilines is 1. The fourth-order valence-corrected chi connectivity index (χ4v) is 3.88. The van der Waals surface area contributed by atoms with E-state index in [-0.39, 0.29) is 5.76 Å². The average molecular weight is 465 g/mol. The molecule has 0 radical (unpaired) electrons. The molecule has 0 aliphatic carbocycles. The highest BCUT2D eigenvalue weighted by molar-refractivity contribution is 6.31. The van der Waals surface area contributed by atoms with Gasteiger partial charge in [-0.15, -0.1) is 0 Å². The molecule has 0 unspecified atom stereocenters. The van der Waals surface area contributed by atoms with Crippen molar-refractivity contribution in [3.05, 3.63) is 72.0 Å². The predicted octanol–water partition coefficient (Wildman–Crippen LogP) is 3.07. The van der Waals surface area contributed by atoms with Crippen molar-refractivity contribution in [3.8, 4) is 5.69 Å². The summed E-state index contributed by atoms with van der Waals surface area (Å²) in [6.45, 7) is 1.05. The van der Waals surface area contributed by atoms with Gasteiger partial charge in [-0.1, -0.05) is 29.8 Å². The van der Waals surface area contributed by atoms with Crippen LogP contribution in [0.15, 0.2) is 65.6 Å². The molecular formula is C22H17ClN6O4. The van der Waals surface area contributed by atoms with E-state index >= 15 is 0 Å². The maximum absolute atomic E-state index is 13.2. The number of nitrogens with zero attached hydrogens (tertiary/aromatic N) is 4. The number of benzene rings is 2. The van der Waals surface area contributed by atoms with E-state index in [0.29, 0.717) is 22.0 Å². The molecule has 0 saturated carbocycles. The minimum absolute atomic E-state index is 0.285. The van der Waals surface area contributed by atoms with Crippen LogP contribution in [-0.4, -0.2) is 44.1 Å². The minimum Gasteiger partial charge on any atom is -0.458 e. The van der Waals surface area contributed by atoms with Crippen LogP contribution in [-0.2, 0) is 15.1 Å². The molecule has 2 N–H and O–H groups in total. The number of fused-ring (bicyclic) bond motifs is 1. The van der Waals surface area contributed by atoms with Crippen LogP contribution in [0.25, 0.3) is 16.7 Å². The summed E-state index contributed by atoms with van der Waals surface area (Å²) >= 11 is 6.08. The number of furan rings is 1. The molecule has 1 fully saturated rings. The quantitative estimate of drug-likeness (QED) is 0.438. The summed E-state index contributed by atoms with van der Waals surface area (Å²) in [5.41, 5.74) is 0.0337. The molecule has 2 aromatic carbocycles. The van der Waals surface area contributed by atoms with Crippen LogP contribution in [0.4, 0.5) is 10.5 Å². The van der Waals surface area contributed by atoms with E-state index in [9.17, 15) is 14.4 Å². The highest BCUT2D eigenvalue weighted by Gasteiger charge is 2.51. The van der Waals surface area contributed by atoms with Crippen molar-refractivity contribution in [2.75, 3.05) is 11.9 Å². The van der Waals surface area contributed by atoms with Gasteiger partial charge in [-0.05, 0) is 37.3 Å². The molecule has 4 amide bonds. The Kier molecular flexibility index (Phi) is 4.86. The molecular weight excluding hydrogens is 448 g/mol. The lowest BCUT2D eigenvalue weighted by atomic mass is 9.99. The van der Waals surface area contributed by atoms with Gasteiger partial charge in [-0.3, -0.25) is 14.5 Å². The molecule has 3 heterocycles. The van der Waals surface area contributed by atoms with Crippen LogP contribution in [0.1, 0.15) is 12.7 Å². The van der Waals surface area contributed by atoms with E-state index in [1.54, 1.807) is 37.3 Å². The van der Waals surface area contributed by atoms with Gasteiger partial charge in [0.15, 0.2) is 5.54 Å². The molecule has 11 heteroatoms. The third-order valence-corrected chi connectivity index (χ3v) is 5.63. The van der Waals surface area contributed by atoms with E-state index in [1.807, 2.05) is 18.2 Å². The maximum atomic E-state index is 13.2. The van der Waals surface area contributed by atoms with Crippen molar-refractivity contribution in [3.63, 3.8) is 0 Å². The number of para-hydroxylation sites is 1. The number of hydrogen-bond donors (Lipinski definition) is 2. The molecule has 0 spiro atoms. The van der Waals surface area contributed by atoms with Gasteiger partial charge in [0.05, 0.1) is 11.4 Å². The lowest BCUT2D eigenvalue weighted by Crippen LogP contribution is -2.41. The summed E-state index contributed by atoms with van der Waals surface area (Å²) in [6.07, 6.45) is 2.82. The number of urea groups is 1. The second-order valence-electron chi connectivity index (χ2n) is 7.64. The summed E-state index contributed by atoms with van der Waals surface area (Å²) in [4.78, 5) is 43.3. The number of nitrogens with one attached hydrogen (secondary N) is 2. The van der Waals surface area contributed by atoms with Crippen molar-refractivity contribution >= 4 is 46.1 Å². The maximum Gasteiger partial charge on any atom is 0.325 e. The van der Waals surface area contributed by atoms with E-state index in [0.717, 1.165) is 10.3 Å². The Hall–Kier alpha value is -4.18. The largest absolute Gasteiger partial charge is 0.458 e. The molecule has 33 heavy (non-hydrogen) atoms. The highest BCUT2D eigenvalue weighted by atomic mass is 35.5. The number of carbonyl (C=O) groups is 3. The normalized spacial score (nSPS) is 18.1. The Morgan fingerprint density at radius 3 is 2.79 bits per heavy atom. The lowest BCUT2D eigenvalue weighted by Gasteiger charge is -2.19. The van der Waals surface area contributed by atoms with Gasteiger partial charge in [0.2, 0.25) is 5.91 Å². The summed E-state index contributed by atoms with van der Waals surface area (Å²) < 4.78 is 7.26. The SMILES string of the molecule is C[C@]1(c2cc3ccccc3o2)NC(=O)N(CC(=O)Nc2cc(Cl)ccc2-n2cncn2)C1=O. The lowest BCUT2D eigenvalue weighted by molar-refractivity contribution is -0.134. The average Bonchev–Trinajstić information content (AvgIpc) is 3.50. The molecule has 1 saturated heterocycles. The summed E-state index contributed by atoms with van der Waals surface area (Å²) in [5.74, 6) is -0.895. The van der Waals surface area contributed by atoms with Gasteiger partial charge in [0, 0.05) is 10.4 Å². The Morgan fingerprint density at radius 2 is 2.03 bits per heavy atom. The number of carbonyl (C=O) groups excluding carboxylic acids is 3. The second-order valence-corrected chi connectivity index (χ2v) is 8.08. The van der Waals surface area contributed by atoms with E-state index in [1.165, 1.54) is 17.3 Å². The van der Waals surface area contributed by atoms with Crippen molar-refractivity contribution < 1.29 is 18.8 Å². The van der Waals surface area contributed by atoms with Gasteiger partial charge in [-0.25, -0.2) is 14.5 Å². The molecule has 1 aliphatic rings. The van der Waals surface area contributed by atoms with Crippen LogP contribution < -0.4 is 10.6 Å². The van der Waals surface area contributed by atoms with Gasteiger partial charge in [-0.2, -0.15) is 5.10 Å². The number of hydrogen-bond acceptors (Lipinski definition) is 6. The predicted molar refractivity (Wildman–Crippen MR) is 119 cm³/mol. The first-order chi connectivity index (χ1) is 15.8. The molecule has 0 bridgehead atoms. The van der Waals surface area contributed by atoms with Crippen LogP contribution in [0, 0.1) is 0 Å². The Balaban J connectivity index is 1.37. The first-order valence-electron chi connectivity index (χ1n) is 9.93. The smallest absolute Gasteiger partial charge is 0.325 e. The van der Waals surface area contributed by atoms with E-state index < -0.39 is 29.9 Å². The zero-order valence-electron chi connectivity index (χ0n) is 17.3. The number of rotatable bonds is 5. The molecule has 10 nitrogen and oxygen atoms in total. The molecule has 4 aromatic rings. The van der Waals surface area contributed by atoms with E-state index in [4.69, 9.17) is 16.0 Å². The number of imide groups is 1. The van der Waals surface area contributed by atoms with E-state index in [2.05, 4.69) is 20.7 Å². The van der Waals surface area contributed by atoms with Crippen LogP contribution >= 0.6 is 11.6 Å². The number of amides is 4. The van der Waals surface area contributed by atoms with Gasteiger partial charge in [0.25, 0.3) is 5.91 Å². The molecule has 1 atom stereocenters. The van der Waals surface area contributed by atoms with Crippen LogP contribution in [0.5, 0.6) is 0 Å². The topological polar surface area (TPSA) is 122 Å². The van der Waals surface area contributed by atoms with Crippen molar-refractivity contribution in [1.29, 1.82) is 0 Å². The van der Waals surface area contributed by atoms with Crippen LogP contribution in [0.2, 0.25) is 5.02 Å². The Morgan fingerprint density at radius 1 is 1.21 bits per heavy atom. The summed E-state index contributed by atoms with van der Waals surface area (Å²) in [6, 6.07) is 13.1. The summed E-state index contributed by atoms with van der Waals surface area (Å²) in [5, 5.41) is 10.6. The van der Waals surface area contributed by atoms with Crippen molar-refractivity contribution in [1.82, 2.24) is 25.0 Å². The molecule has 166 valence electrons. The summed E-state index contributed by atoms with van der Waals surface area (Å²) in [7, 11) is 0. The monoisotopic (exact) mass is 464 g/mol. The zero-order valence-corrected chi connectivity index (χ0v) is 18.0. The van der Waals surface area contributed by atoms with Gasteiger partial charge < -0.3 is 15.1 Å². The standard InChI is InChI=1S/C22H17ClN6O4/c1-22(18-8-13-4-2-3-5-17(13)33-18)20(31)28(21(32)27-22)10-19(30)26-15-9-14(23)6-7-16(15)29-12-24-11-25-29/h2-9,11-12H,10H2,1H3,(H,26,30)(H,27,32)/t22-/m1/s1. The third-order valence-electron chi connectivity index (χ3n) is 5.39. The zero-order chi connectivity index (χ0) is 23.2. The molecule has 1 aliphatic heterocycles. The minimum atomic E-state index is -1.43. The van der Waals surface area contributed by atoms with Crippen molar-refractivity contribution in [2.45, 2.75) is 12.5 Å². The Bertz CT molecular complexity index is 1370. The van der Waals surface area contributed by atoms with Gasteiger partial charge in [0.1, 0.15) is 30.5 Å². The number of aromatic nitrogens is 3. The second kappa shape index (κ2) is 7.75. The first-order valence-corrected chi connectivity index (χ1v) is 10.3. The Labute approximate surface area is 192 Å². The fraction of sp³-hybridized carbons (Fsp3) is 0.136. The highest BCUT2D eigenvalue weighted by Crippen LogP contribution is 2.33. The molecule has 5 rings (SSSR count).